The average Bonchev–Trinajstić information content (AvgIpc) is 2.42. The standard InChI is InChI=1S/C11H21NO/c1-5-10(13)9(2)12-8-6-7-11(12,3)4/h9H,5-8H2,1-4H3. The second kappa shape index (κ2) is 3.79. The Labute approximate surface area is 81.3 Å². The van der Waals surface area contributed by atoms with Crippen LogP contribution in [0.15, 0.2) is 0 Å². The summed E-state index contributed by atoms with van der Waals surface area (Å²) in [6.07, 6.45) is 3.11. The second-order valence-corrected chi connectivity index (χ2v) is 4.61. The van der Waals surface area contributed by atoms with Gasteiger partial charge in [0.2, 0.25) is 0 Å². The topological polar surface area (TPSA) is 20.3 Å². The molecule has 0 aromatic heterocycles. The third kappa shape index (κ3) is 2.11. The number of rotatable bonds is 3. The summed E-state index contributed by atoms with van der Waals surface area (Å²) in [4.78, 5) is 13.9. The molecule has 1 atom stereocenters. The molecule has 1 saturated heterocycles. The highest BCUT2D eigenvalue weighted by molar-refractivity contribution is 5.83. The van der Waals surface area contributed by atoms with Crippen molar-refractivity contribution in [3.63, 3.8) is 0 Å². The Morgan fingerprint density at radius 1 is 1.54 bits per heavy atom. The van der Waals surface area contributed by atoms with E-state index in [4.69, 9.17) is 0 Å². The molecular formula is C11H21NO. The van der Waals surface area contributed by atoms with Crippen molar-refractivity contribution in [2.45, 2.75) is 58.5 Å². The quantitative estimate of drug-likeness (QED) is 0.668. The van der Waals surface area contributed by atoms with Crippen LogP contribution in [0.3, 0.4) is 0 Å². The molecule has 0 N–H and O–H groups in total. The molecule has 1 aliphatic rings. The lowest BCUT2D eigenvalue weighted by molar-refractivity contribution is -0.124. The van der Waals surface area contributed by atoms with Crippen molar-refractivity contribution >= 4 is 5.78 Å². The number of carbonyl (C=O) groups excluding carboxylic acids is 1. The van der Waals surface area contributed by atoms with Gasteiger partial charge in [0, 0.05) is 12.0 Å². The number of nitrogens with zero attached hydrogens (tertiary/aromatic N) is 1. The van der Waals surface area contributed by atoms with Crippen LogP contribution in [0.5, 0.6) is 0 Å². The van der Waals surface area contributed by atoms with Gasteiger partial charge in [-0.2, -0.15) is 0 Å². The fourth-order valence-corrected chi connectivity index (χ4v) is 2.32. The first-order valence-corrected chi connectivity index (χ1v) is 5.28. The van der Waals surface area contributed by atoms with Gasteiger partial charge in [-0.1, -0.05) is 6.92 Å². The first kappa shape index (κ1) is 10.7. The highest BCUT2D eigenvalue weighted by Crippen LogP contribution is 2.30. The Balaban J connectivity index is 2.66. The first-order valence-electron chi connectivity index (χ1n) is 5.28. The molecule has 0 radical (unpaired) electrons. The molecule has 1 unspecified atom stereocenters. The maximum atomic E-state index is 11.5. The van der Waals surface area contributed by atoms with Crippen LogP contribution in [-0.4, -0.2) is 28.8 Å². The Morgan fingerprint density at radius 2 is 2.15 bits per heavy atom. The predicted octanol–water partition coefficient (Wildman–Crippen LogP) is 2.23. The Morgan fingerprint density at radius 3 is 2.54 bits per heavy atom. The lowest BCUT2D eigenvalue weighted by atomic mass is 9.99. The molecule has 2 nitrogen and oxygen atoms in total. The third-order valence-electron chi connectivity index (χ3n) is 3.25. The summed E-state index contributed by atoms with van der Waals surface area (Å²) in [7, 11) is 0. The predicted molar refractivity (Wildman–Crippen MR) is 54.8 cm³/mol. The monoisotopic (exact) mass is 183 g/mol. The first-order chi connectivity index (χ1) is 5.99. The fourth-order valence-electron chi connectivity index (χ4n) is 2.32. The molecule has 1 rings (SSSR count). The molecule has 1 fully saturated rings. The van der Waals surface area contributed by atoms with Gasteiger partial charge in [0.05, 0.1) is 6.04 Å². The van der Waals surface area contributed by atoms with Crippen LogP contribution in [0.4, 0.5) is 0 Å². The maximum absolute atomic E-state index is 11.5. The van der Waals surface area contributed by atoms with Gasteiger partial charge in [-0.15, -0.1) is 0 Å². The summed E-state index contributed by atoms with van der Waals surface area (Å²) in [5, 5.41) is 0. The number of hydrogen-bond donors (Lipinski definition) is 0. The molecule has 0 bridgehead atoms. The lowest BCUT2D eigenvalue weighted by Gasteiger charge is -2.35. The van der Waals surface area contributed by atoms with Crippen molar-refractivity contribution in [3.05, 3.63) is 0 Å². The van der Waals surface area contributed by atoms with Gasteiger partial charge in [-0.25, -0.2) is 0 Å². The lowest BCUT2D eigenvalue weighted by Crippen LogP contribution is -2.47. The van der Waals surface area contributed by atoms with E-state index in [-0.39, 0.29) is 11.6 Å². The van der Waals surface area contributed by atoms with Crippen molar-refractivity contribution in [1.82, 2.24) is 4.90 Å². The Bertz CT molecular complexity index is 198. The molecule has 0 amide bonds. The van der Waals surface area contributed by atoms with Crippen LogP contribution in [0.1, 0.15) is 47.0 Å². The number of likely N-dealkylation sites (tertiary alicyclic amines) is 1. The molecule has 0 saturated carbocycles. The normalized spacial score (nSPS) is 24.6. The van der Waals surface area contributed by atoms with E-state index in [2.05, 4.69) is 18.7 Å². The van der Waals surface area contributed by atoms with Crippen LogP contribution in [0.25, 0.3) is 0 Å². The van der Waals surface area contributed by atoms with Gasteiger partial charge < -0.3 is 0 Å². The zero-order valence-corrected chi connectivity index (χ0v) is 9.26. The Kier molecular flexibility index (Phi) is 3.12. The van der Waals surface area contributed by atoms with Crippen LogP contribution in [-0.2, 0) is 4.79 Å². The summed E-state index contributed by atoms with van der Waals surface area (Å²) in [5.74, 6) is 0.370. The van der Waals surface area contributed by atoms with Crippen LogP contribution >= 0.6 is 0 Å². The van der Waals surface area contributed by atoms with Gasteiger partial charge in [0.15, 0.2) is 0 Å². The van der Waals surface area contributed by atoms with E-state index < -0.39 is 0 Å². The molecule has 13 heavy (non-hydrogen) atoms. The van der Waals surface area contributed by atoms with Crippen molar-refractivity contribution in [3.8, 4) is 0 Å². The highest BCUT2D eigenvalue weighted by Gasteiger charge is 2.36. The van der Waals surface area contributed by atoms with Gasteiger partial charge in [0.25, 0.3) is 0 Å². The van der Waals surface area contributed by atoms with Gasteiger partial charge in [0.1, 0.15) is 5.78 Å². The second-order valence-electron chi connectivity index (χ2n) is 4.61. The van der Waals surface area contributed by atoms with Crippen molar-refractivity contribution in [2.24, 2.45) is 0 Å². The van der Waals surface area contributed by atoms with E-state index in [1.807, 2.05) is 13.8 Å². The van der Waals surface area contributed by atoms with Crippen LogP contribution in [0.2, 0.25) is 0 Å². The molecule has 1 aliphatic heterocycles. The molecular weight excluding hydrogens is 162 g/mol. The minimum Gasteiger partial charge on any atom is -0.298 e. The molecule has 76 valence electrons. The van der Waals surface area contributed by atoms with E-state index in [1.165, 1.54) is 12.8 Å². The number of ketones is 1. The van der Waals surface area contributed by atoms with E-state index in [0.717, 1.165) is 6.54 Å². The minimum absolute atomic E-state index is 0.113. The van der Waals surface area contributed by atoms with Crippen molar-refractivity contribution in [2.75, 3.05) is 6.54 Å². The van der Waals surface area contributed by atoms with E-state index in [0.29, 0.717) is 12.2 Å². The van der Waals surface area contributed by atoms with Gasteiger partial charge in [-0.05, 0) is 40.2 Å². The van der Waals surface area contributed by atoms with Crippen molar-refractivity contribution in [1.29, 1.82) is 0 Å². The summed E-state index contributed by atoms with van der Waals surface area (Å²) in [5.41, 5.74) is 0.226. The zero-order valence-electron chi connectivity index (χ0n) is 9.26. The highest BCUT2D eigenvalue weighted by atomic mass is 16.1. The van der Waals surface area contributed by atoms with E-state index >= 15 is 0 Å². The van der Waals surface area contributed by atoms with E-state index in [1.54, 1.807) is 0 Å². The number of Topliss-reactive ketones (excluding diaryl/α,β-unsaturated/α-hetero) is 1. The summed E-state index contributed by atoms with van der Waals surface area (Å²) < 4.78 is 0. The molecule has 1 heterocycles. The third-order valence-corrected chi connectivity index (χ3v) is 3.25. The number of carbonyl (C=O) groups is 1. The molecule has 2 heteroatoms. The molecule has 0 aromatic carbocycles. The largest absolute Gasteiger partial charge is 0.298 e. The van der Waals surface area contributed by atoms with Crippen molar-refractivity contribution < 1.29 is 4.79 Å². The van der Waals surface area contributed by atoms with Gasteiger partial charge in [-0.3, -0.25) is 9.69 Å². The average molecular weight is 183 g/mol. The summed E-state index contributed by atoms with van der Waals surface area (Å²) >= 11 is 0. The summed E-state index contributed by atoms with van der Waals surface area (Å²) in [6, 6.07) is 0.113. The maximum Gasteiger partial charge on any atom is 0.149 e. The van der Waals surface area contributed by atoms with Crippen LogP contribution in [0, 0.1) is 0 Å². The minimum atomic E-state index is 0.113. The fraction of sp³-hybridized carbons (Fsp3) is 0.909. The van der Waals surface area contributed by atoms with Gasteiger partial charge >= 0.3 is 0 Å². The SMILES string of the molecule is CCC(=O)C(C)N1CCCC1(C)C. The summed E-state index contributed by atoms with van der Waals surface area (Å²) in [6.45, 7) is 9.54. The molecule has 0 aliphatic carbocycles. The smallest absolute Gasteiger partial charge is 0.149 e. The molecule has 0 aromatic rings. The van der Waals surface area contributed by atoms with E-state index in [9.17, 15) is 4.79 Å². The Hall–Kier alpha value is -0.370. The number of hydrogen-bond acceptors (Lipinski definition) is 2. The molecule has 0 spiro atoms. The zero-order chi connectivity index (χ0) is 10.1. The van der Waals surface area contributed by atoms with Crippen LogP contribution < -0.4 is 0 Å².